The lowest BCUT2D eigenvalue weighted by atomic mass is 10.0. The zero-order valence-corrected chi connectivity index (χ0v) is 20.9. The Morgan fingerprint density at radius 2 is 1.85 bits per heavy atom. The number of fused-ring (bicyclic) bond motifs is 3. The highest BCUT2D eigenvalue weighted by atomic mass is 16.5. The molecule has 0 aliphatic rings. The molecule has 9 nitrogen and oxygen atoms in total. The molecule has 34 heavy (non-hydrogen) atoms. The molecule has 0 amide bonds. The Kier molecular flexibility index (Phi) is 6.03. The minimum absolute atomic E-state index is 0.112. The largest absolute Gasteiger partial charge is 0.496 e. The van der Waals surface area contributed by atoms with Gasteiger partial charge in [0.25, 0.3) is 0 Å². The van der Waals surface area contributed by atoms with E-state index in [0.29, 0.717) is 11.5 Å². The van der Waals surface area contributed by atoms with Gasteiger partial charge in [0.2, 0.25) is 0 Å². The van der Waals surface area contributed by atoms with E-state index in [0.717, 1.165) is 44.3 Å². The third-order valence-corrected chi connectivity index (χ3v) is 6.13. The Balaban J connectivity index is 0.00000133. The van der Waals surface area contributed by atoms with Gasteiger partial charge in [-0.25, -0.2) is 4.79 Å². The van der Waals surface area contributed by atoms with Crippen LogP contribution in [0.15, 0.2) is 40.0 Å². The summed E-state index contributed by atoms with van der Waals surface area (Å²) in [5, 5.41) is 9.16. The van der Waals surface area contributed by atoms with Gasteiger partial charge in [-0.3, -0.25) is 18.8 Å². The van der Waals surface area contributed by atoms with Crippen molar-refractivity contribution in [2.45, 2.75) is 40.7 Å². The van der Waals surface area contributed by atoms with E-state index in [-0.39, 0.29) is 11.7 Å². The third kappa shape index (κ3) is 3.48. The highest BCUT2D eigenvalue weighted by molar-refractivity contribution is 6.05. The van der Waals surface area contributed by atoms with Crippen LogP contribution < -0.4 is 10.4 Å². The fourth-order valence-corrected chi connectivity index (χ4v) is 4.49. The Morgan fingerprint density at radius 3 is 2.44 bits per heavy atom. The summed E-state index contributed by atoms with van der Waals surface area (Å²) in [7, 11) is 5.27. The Hall–Kier alpha value is -3.88. The fourth-order valence-electron chi connectivity index (χ4n) is 4.49. The first-order valence-corrected chi connectivity index (χ1v) is 11.3. The van der Waals surface area contributed by atoms with E-state index in [4.69, 9.17) is 14.2 Å². The molecule has 0 radical (unpaired) electrons. The quantitative estimate of drug-likeness (QED) is 0.389. The maximum Gasteiger partial charge on any atom is 0.329 e. The minimum Gasteiger partial charge on any atom is -0.496 e. The van der Waals surface area contributed by atoms with Crippen molar-refractivity contribution in [3.63, 3.8) is 0 Å². The average molecular weight is 463 g/mol. The summed E-state index contributed by atoms with van der Waals surface area (Å²) in [5.41, 5.74) is 5.69. The van der Waals surface area contributed by atoms with Gasteiger partial charge in [0.15, 0.2) is 0 Å². The lowest BCUT2D eigenvalue weighted by Gasteiger charge is -2.13. The van der Waals surface area contributed by atoms with Crippen molar-refractivity contribution >= 4 is 21.9 Å². The van der Waals surface area contributed by atoms with E-state index in [1.54, 1.807) is 40.4 Å². The predicted molar refractivity (Wildman–Crippen MR) is 132 cm³/mol. The number of pyridine rings is 1. The third-order valence-electron chi connectivity index (χ3n) is 6.13. The monoisotopic (exact) mass is 462 g/mol. The van der Waals surface area contributed by atoms with Crippen LogP contribution in [-0.2, 0) is 14.1 Å². The lowest BCUT2D eigenvalue weighted by Crippen LogP contribution is -2.25. The summed E-state index contributed by atoms with van der Waals surface area (Å²) >= 11 is 0. The van der Waals surface area contributed by atoms with Crippen LogP contribution in [0.1, 0.15) is 43.8 Å². The molecular formula is C25H30N6O3. The van der Waals surface area contributed by atoms with Gasteiger partial charge >= 0.3 is 5.69 Å². The van der Waals surface area contributed by atoms with Crippen LogP contribution >= 0.6 is 0 Å². The standard InChI is InChI=1S/C23H24N6O3.C2H6/c1-12-21(14(3)32-26-12)17-7-18-16(8-20(17)31-6)22-19(10-24-18)29(23(30)28(22)5)13(2)15-9-25-27(4)11-15;1-2/h7-11,13H,1-6H3;1-2H3. The van der Waals surface area contributed by atoms with E-state index in [1.165, 1.54) is 0 Å². The molecule has 1 aromatic carbocycles. The number of aryl methyl sites for hydroxylation is 4. The van der Waals surface area contributed by atoms with Gasteiger partial charge in [0.05, 0.1) is 53.4 Å². The summed E-state index contributed by atoms with van der Waals surface area (Å²) in [6.45, 7) is 9.76. The van der Waals surface area contributed by atoms with E-state index in [9.17, 15) is 4.79 Å². The molecule has 0 N–H and O–H groups in total. The first-order valence-electron chi connectivity index (χ1n) is 11.3. The second kappa shape index (κ2) is 8.81. The molecule has 4 aromatic heterocycles. The molecule has 0 saturated carbocycles. The number of hydrogen-bond acceptors (Lipinski definition) is 6. The molecule has 0 bridgehead atoms. The number of ether oxygens (including phenoxy) is 1. The van der Waals surface area contributed by atoms with Crippen LogP contribution in [0, 0.1) is 13.8 Å². The number of hydrogen-bond donors (Lipinski definition) is 0. The Morgan fingerprint density at radius 1 is 1.12 bits per heavy atom. The number of imidazole rings is 1. The maximum atomic E-state index is 13.3. The highest BCUT2D eigenvalue weighted by Crippen LogP contribution is 2.39. The first kappa shape index (κ1) is 23.3. The molecule has 0 aliphatic carbocycles. The summed E-state index contributed by atoms with van der Waals surface area (Å²) in [6.07, 6.45) is 5.46. The number of nitrogens with zero attached hydrogens (tertiary/aromatic N) is 6. The average Bonchev–Trinajstić information content (AvgIpc) is 3.50. The van der Waals surface area contributed by atoms with Crippen molar-refractivity contribution in [1.29, 1.82) is 0 Å². The molecule has 5 rings (SSSR count). The summed E-state index contributed by atoms with van der Waals surface area (Å²) in [4.78, 5) is 18.0. The van der Waals surface area contributed by atoms with Gasteiger partial charge in [0.1, 0.15) is 11.5 Å². The van der Waals surface area contributed by atoms with Crippen LogP contribution in [0.5, 0.6) is 5.75 Å². The topological polar surface area (TPSA) is 92.9 Å². The molecule has 0 saturated heterocycles. The van der Waals surface area contributed by atoms with Gasteiger partial charge in [-0.1, -0.05) is 19.0 Å². The molecule has 0 spiro atoms. The van der Waals surface area contributed by atoms with Gasteiger partial charge in [-0.2, -0.15) is 5.10 Å². The van der Waals surface area contributed by atoms with Crippen molar-refractivity contribution in [2.24, 2.45) is 14.1 Å². The fraction of sp³-hybridized carbons (Fsp3) is 0.360. The molecule has 4 heterocycles. The van der Waals surface area contributed by atoms with Gasteiger partial charge in [0, 0.05) is 36.8 Å². The van der Waals surface area contributed by atoms with Crippen LogP contribution in [0.3, 0.4) is 0 Å². The van der Waals surface area contributed by atoms with Crippen molar-refractivity contribution in [3.8, 4) is 16.9 Å². The lowest BCUT2D eigenvalue weighted by molar-refractivity contribution is 0.393. The van der Waals surface area contributed by atoms with Crippen LogP contribution in [0.25, 0.3) is 33.1 Å². The molecule has 0 fully saturated rings. The summed E-state index contributed by atoms with van der Waals surface area (Å²) in [6, 6.07) is 3.71. The van der Waals surface area contributed by atoms with Crippen molar-refractivity contribution in [1.82, 2.24) is 29.1 Å². The maximum absolute atomic E-state index is 13.3. The van der Waals surface area contributed by atoms with Gasteiger partial charge in [-0.15, -0.1) is 0 Å². The van der Waals surface area contributed by atoms with E-state index in [1.807, 2.05) is 60.0 Å². The smallest absolute Gasteiger partial charge is 0.329 e. The van der Waals surface area contributed by atoms with Crippen LogP contribution in [0.4, 0.5) is 0 Å². The number of rotatable bonds is 4. The van der Waals surface area contributed by atoms with Crippen molar-refractivity contribution in [3.05, 3.63) is 58.2 Å². The Labute approximate surface area is 197 Å². The van der Waals surface area contributed by atoms with Gasteiger partial charge in [-0.05, 0) is 32.9 Å². The van der Waals surface area contributed by atoms with Gasteiger partial charge < -0.3 is 9.26 Å². The van der Waals surface area contributed by atoms with E-state index in [2.05, 4.69) is 10.3 Å². The predicted octanol–water partition coefficient (Wildman–Crippen LogP) is 4.54. The minimum atomic E-state index is -0.192. The normalized spacial score (nSPS) is 12.1. The summed E-state index contributed by atoms with van der Waals surface area (Å²) in [5.74, 6) is 1.38. The number of methoxy groups -OCH3 is 1. The number of aromatic nitrogens is 6. The SMILES string of the molecule is CC.COc1cc2c(cc1-c1c(C)noc1C)ncc1c2n(C)c(=O)n1C(C)c1cnn(C)c1. The Bertz CT molecular complexity index is 1530. The second-order valence-corrected chi connectivity index (χ2v) is 8.10. The van der Waals surface area contributed by atoms with E-state index < -0.39 is 0 Å². The highest BCUT2D eigenvalue weighted by Gasteiger charge is 2.23. The van der Waals surface area contributed by atoms with Crippen LogP contribution in [-0.4, -0.2) is 36.2 Å². The zero-order valence-electron chi connectivity index (χ0n) is 20.9. The zero-order chi connectivity index (χ0) is 24.7. The van der Waals surface area contributed by atoms with E-state index >= 15 is 0 Å². The molecule has 9 heteroatoms. The number of benzene rings is 1. The second-order valence-electron chi connectivity index (χ2n) is 8.10. The molecule has 1 unspecified atom stereocenters. The molecule has 0 aliphatic heterocycles. The summed E-state index contributed by atoms with van der Waals surface area (Å²) < 4.78 is 16.2. The first-order chi connectivity index (χ1) is 16.3. The molecular weight excluding hydrogens is 432 g/mol. The van der Waals surface area contributed by atoms with Crippen LogP contribution in [0.2, 0.25) is 0 Å². The van der Waals surface area contributed by atoms with Crippen molar-refractivity contribution in [2.75, 3.05) is 7.11 Å². The van der Waals surface area contributed by atoms with Crippen molar-refractivity contribution < 1.29 is 9.26 Å². The molecule has 178 valence electrons. The molecule has 1 atom stereocenters. The molecule has 5 aromatic rings.